The molecule has 1 amide bonds. The van der Waals surface area contributed by atoms with Crippen LogP contribution in [-0.4, -0.2) is 55.4 Å². The predicted octanol–water partition coefficient (Wildman–Crippen LogP) is 1.19. The minimum atomic E-state index is -0.395. The van der Waals surface area contributed by atoms with Gasteiger partial charge in [-0.2, -0.15) is 0 Å². The van der Waals surface area contributed by atoms with Crippen molar-refractivity contribution in [2.75, 3.05) is 32.7 Å². The summed E-state index contributed by atoms with van der Waals surface area (Å²) in [5, 5.41) is 6.78. The molecule has 0 saturated carbocycles. The maximum absolute atomic E-state index is 11.9. The molecule has 0 radical (unpaired) electrons. The molecule has 2 heterocycles. The Morgan fingerprint density at radius 2 is 2.16 bits per heavy atom. The Morgan fingerprint density at radius 3 is 2.74 bits per heavy atom. The molecule has 2 aliphatic rings. The smallest absolute Gasteiger partial charge is 0.410 e. The van der Waals surface area contributed by atoms with Crippen molar-refractivity contribution in [2.24, 2.45) is 5.92 Å². The molecule has 0 aliphatic carbocycles. The summed E-state index contributed by atoms with van der Waals surface area (Å²) >= 11 is 0. The van der Waals surface area contributed by atoms with E-state index in [1.165, 1.54) is 0 Å². The second kappa shape index (κ2) is 6.09. The summed E-state index contributed by atoms with van der Waals surface area (Å²) in [5.74, 6) is 0.619. The topological polar surface area (TPSA) is 53.6 Å². The van der Waals surface area contributed by atoms with E-state index < -0.39 is 5.60 Å². The zero-order valence-corrected chi connectivity index (χ0v) is 12.4. The first-order chi connectivity index (χ1) is 8.94. The van der Waals surface area contributed by atoms with Crippen LogP contribution in [0, 0.1) is 5.92 Å². The maximum Gasteiger partial charge on any atom is 0.410 e. The Bertz CT molecular complexity index is 310. The molecule has 0 aromatic rings. The molecule has 1 unspecified atom stereocenters. The Kier molecular flexibility index (Phi) is 4.68. The van der Waals surface area contributed by atoms with Crippen LogP contribution in [0.4, 0.5) is 4.79 Å². The number of amides is 1. The highest BCUT2D eigenvalue weighted by atomic mass is 16.6. The van der Waals surface area contributed by atoms with Gasteiger partial charge < -0.3 is 20.3 Å². The summed E-state index contributed by atoms with van der Waals surface area (Å²) in [7, 11) is 0. The summed E-state index contributed by atoms with van der Waals surface area (Å²) < 4.78 is 5.40. The highest BCUT2D eigenvalue weighted by Crippen LogP contribution is 2.21. The zero-order valence-electron chi connectivity index (χ0n) is 12.4. The van der Waals surface area contributed by atoms with Gasteiger partial charge >= 0.3 is 6.09 Å². The number of rotatable bonds is 4. The third-order valence-corrected chi connectivity index (χ3v) is 3.70. The second-order valence-electron chi connectivity index (χ2n) is 6.68. The maximum atomic E-state index is 11.9. The number of nitrogens with zero attached hydrogens (tertiary/aromatic N) is 1. The van der Waals surface area contributed by atoms with E-state index in [2.05, 4.69) is 10.6 Å². The molecule has 2 N–H and O–H groups in total. The Labute approximate surface area is 116 Å². The van der Waals surface area contributed by atoms with E-state index in [1.54, 1.807) is 0 Å². The lowest BCUT2D eigenvalue weighted by atomic mass is 10.0. The Hall–Kier alpha value is -0.810. The Balaban J connectivity index is 1.63. The lowest BCUT2D eigenvalue weighted by Gasteiger charge is -2.28. The van der Waals surface area contributed by atoms with Crippen LogP contribution in [0.15, 0.2) is 0 Å². The van der Waals surface area contributed by atoms with E-state index in [1.807, 2.05) is 25.7 Å². The zero-order chi connectivity index (χ0) is 13.9. The predicted molar refractivity (Wildman–Crippen MR) is 75.2 cm³/mol. The summed E-state index contributed by atoms with van der Waals surface area (Å²) in [5.41, 5.74) is -0.395. The van der Waals surface area contributed by atoms with E-state index in [0.717, 1.165) is 45.6 Å². The van der Waals surface area contributed by atoms with Crippen LogP contribution in [0.2, 0.25) is 0 Å². The molecule has 110 valence electrons. The average Bonchev–Trinajstić information content (AvgIpc) is 2.68. The van der Waals surface area contributed by atoms with E-state index in [4.69, 9.17) is 4.74 Å². The molecule has 19 heavy (non-hydrogen) atoms. The number of carbonyl (C=O) groups excluding carboxylic acids is 1. The van der Waals surface area contributed by atoms with Crippen molar-refractivity contribution in [3.63, 3.8) is 0 Å². The molecule has 2 aliphatic heterocycles. The van der Waals surface area contributed by atoms with Crippen molar-refractivity contribution in [1.82, 2.24) is 15.5 Å². The third-order valence-electron chi connectivity index (χ3n) is 3.70. The van der Waals surface area contributed by atoms with Gasteiger partial charge in [0.1, 0.15) is 5.60 Å². The highest BCUT2D eigenvalue weighted by Gasteiger charge is 2.29. The number of ether oxygens (including phenoxy) is 1. The molecule has 0 spiro atoms. The van der Waals surface area contributed by atoms with Gasteiger partial charge in [0.25, 0.3) is 0 Å². The molecule has 2 fully saturated rings. The molecule has 2 saturated heterocycles. The van der Waals surface area contributed by atoms with Gasteiger partial charge in [-0.25, -0.2) is 4.79 Å². The second-order valence-corrected chi connectivity index (χ2v) is 6.68. The van der Waals surface area contributed by atoms with Gasteiger partial charge in [-0.05, 0) is 46.1 Å². The molecule has 5 nitrogen and oxygen atoms in total. The summed E-state index contributed by atoms with van der Waals surface area (Å²) in [6.07, 6.45) is 2.09. The number of hydrogen-bond donors (Lipinski definition) is 2. The fourth-order valence-corrected chi connectivity index (χ4v) is 2.49. The standard InChI is InChI=1S/C14H27N3O2/c1-14(2,3)19-13(18)17-7-5-11(10-17)4-6-16-12-8-15-9-12/h11-12,15-16H,4-10H2,1-3H3. The van der Waals surface area contributed by atoms with E-state index in [0.29, 0.717) is 12.0 Å². The molecule has 5 heteroatoms. The number of likely N-dealkylation sites (tertiary alicyclic amines) is 1. The van der Waals surface area contributed by atoms with Crippen molar-refractivity contribution >= 4 is 6.09 Å². The Morgan fingerprint density at radius 1 is 1.42 bits per heavy atom. The van der Waals surface area contributed by atoms with Crippen molar-refractivity contribution in [3.05, 3.63) is 0 Å². The highest BCUT2D eigenvalue weighted by molar-refractivity contribution is 5.68. The lowest BCUT2D eigenvalue weighted by molar-refractivity contribution is 0.0287. The molecule has 0 aromatic heterocycles. The SMILES string of the molecule is CC(C)(C)OC(=O)N1CCC(CCNC2CNC2)C1. The normalized spacial score (nSPS) is 24.4. The fourth-order valence-electron chi connectivity index (χ4n) is 2.49. The molecular weight excluding hydrogens is 242 g/mol. The van der Waals surface area contributed by atoms with Gasteiger partial charge in [-0.15, -0.1) is 0 Å². The first kappa shape index (κ1) is 14.6. The van der Waals surface area contributed by atoms with Crippen LogP contribution in [0.5, 0.6) is 0 Å². The summed E-state index contributed by atoms with van der Waals surface area (Å²) in [4.78, 5) is 13.8. The van der Waals surface area contributed by atoms with E-state index >= 15 is 0 Å². The molecular formula is C14H27N3O2. The summed E-state index contributed by atoms with van der Waals surface area (Å²) in [6.45, 7) is 10.7. The largest absolute Gasteiger partial charge is 0.444 e. The van der Waals surface area contributed by atoms with Crippen LogP contribution in [0.3, 0.4) is 0 Å². The van der Waals surface area contributed by atoms with E-state index in [-0.39, 0.29) is 6.09 Å². The molecule has 1 atom stereocenters. The van der Waals surface area contributed by atoms with Gasteiger partial charge in [0.15, 0.2) is 0 Å². The average molecular weight is 269 g/mol. The number of nitrogens with one attached hydrogen (secondary N) is 2. The van der Waals surface area contributed by atoms with Crippen LogP contribution < -0.4 is 10.6 Å². The van der Waals surface area contributed by atoms with Crippen LogP contribution in [-0.2, 0) is 4.74 Å². The van der Waals surface area contributed by atoms with Gasteiger partial charge in [0.2, 0.25) is 0 Å². The van der Waals surface area contributed by atoms with Crippen molar-refractivity contribution < 1.29 is 9.53 Å². The van der Waals surface area contributed by atoms with Gasteiger partial charge in [-0.1, -0.05) is 0 Å². The summed E-state index contributed by atoms with van der Waals surface area (Å²) in [6, 6.07) is 0.656. The molecule has 0 bridgehead atoms. The minimum Gasteiger partial charge on any atom is -0.444 e. The van der Waals surface area contributed by atoms with Crippen molar-refractivity contribution in [1.29, 1.82) is 0 Å². The first-order valence-corrected chi connectivity index (χ1v) is 7.36. The minimum absolute atomic E-state index is 0.161. The third kappa shape index (κ3) is 4.66. The van der Waals surface area contributed by atoms with Gasteiger partial charge in [0.05, 0.1) is 0 Å². The molecule has 2 rings (SSSR count). The number of hydrogen-bond acceptors (Lipinski definition) is 4. The number of carbonyl (C=O) groups is 1. The van der Waals surface area contributed by atoms with Crippen molar-refractivity contribution in [2.45, 2.75) is 45.3 Å². The fraction of sp³-hybridized carbons (Fsp3) is 0.929. The lowest BCUT2D eigenvalue weighted by Crippen LogP contribution is -2.55. The van der Waals surface area contributed by atoms with Crippen LogP contribution in [0.25, 0.3) is 0 Å². The van der Waals surface area contributed by atoms with E-state index in [9.17, 15) is 4.79 Å². The van der Waals surface area contributed by atoms with Crippen LogP contribution >= 0.6 is 0 Å². The van der Waals surface area contributed by atoms with Gasteiger partial charge in [0, 0.05) is 32.2 Å². The quantitative estimate of drug-likeness (QED) is 0.805. The first-order valence-electron chi connectivity index (χ1n) is 7.36. The monoisotopic (exact) mass is 269 g/mol. The molecule has 0 aromatic carbocycles. The van der Waals surface area contributed by atoms with Crippen molar-refractivity contribution in [3.8, 4) is 0 Å². The van der Waals surface area contributed by atoms with Gasteiger partial charge in [-0.3, -0.25) is 0 Å². The van der Waals surface area contributed by atoms with Crippen LogP contribution in [0.1, 0.15) is 33.6 Å².